The molecule has 0 saturated heterocycles. The quantitative estimate of drug-likeness (QED) is 0.869. The highest BCUT2D eigenvalue weighted by Crippen LogP contribution is 2.26. The minimum atomic E-state index is -0.224. The molecule has 0 saturated carbocycles. The summed E-state index contributed by atoms with van der Waals surface area (Å²) >= 11 is 4.90. The summed E-state index contributed by atoms with van der Waals surface area (Å²) in [6.45, 7) is 1.85. The molecule has 0 unspecified atom stereocenters. The number of carbonyl (C=O) groups excluding carboxylic acids is 1. The number of carbonyl (C=O) groups is 1. The van der Waals surface area contributed by atoms with Crippen LogP contribution in [0.1, 0.15) is 6.92 Å². The molecule has 2 rings (SSSR count). The fraction of sp³-hybridized carbons (Fsp3) is 0.154. The van der Waals surface area contributed by atoms with E-state index in [1.54, 1.807) is 18.5 Å². The van der Waals surface area contributed by atoms with Crippen LogP contribution in [0.2, 0.25) is 0 Å². The highest BCUT2D eigenvalue weighted by molar-refractivity contribution is 9.10. The van der Waals surface area contributed by atoms with Gasteiger partial charge in [-0.05, 0) is 31.2 Å². The van der Waals surface area contributed by atoms with Crippen LogP contribution in [0.15, 0.2) is 52.1 Å². The van der Waals surface area contributed by atoms with Gasteiger partial charge in [-0.3, -0.25) is 10.1 Å². The Balaban J connectivity index is 1.96. The van der Waals surface area contributed by atoms with Crippen molar-refractivity contribution >= 4 is 39.5 Å². The molecule has 1 amide bonds. The predicted molar refractivity (Wildman–Crippen MR) is 80.1 cm³/mol. The van der Waals surface area contributed by atoms with E-state index in [0.29, 0.717) is 5.95 Å². The Bertz CT molecular complexity index is 565. The highest BCUT2D eigenvalue weighted by Gasteiger charge is 2.15. The van der Waals surface area contributed by atoms with E-state index in [2.05, 4.69) is 31.2 Å². The van der Waals surface area contributed by atoms with Crippen LogP contribution in [0.4, 0.5) is 5.95 Å². The molecule has 1 N–H and O–H groups in total. The normalized spacial score (nSPS) is 11.9. The van der Waals surface area contributed by atoms with Crippen LogP contribution in [-0.2, 0) is 4.79 Å². The van der Waals surface area contributed by atoms with Gasteiger partial charge in [0.15, 0.2) is 0 Å². The van der Waals surface area contributed by atoms with Crippen molar-refractivity contribution in [3.63, 3.8) is 0 Å². The number of halogens is 1. The van der Waals surface area contributed by atoms with E-state index in [0.717, 1.165) is 9.37 Å². The number of thioether (sulfide) groups is 1. The predicted octanol–water partition coefficient (Wildman–Crippen LogP) is 3.36. The van der Waals surface area contributed by atoms with E-state index in [9.17, 15) is 4.79 Å². The Labute approximate surface area is 124 Å². The molecule has 1 aromatic heterocycles. The second-order valence-corrected chi connectivity index (χ2v) is 6.11. The van der Waals surface area contributed by atoms with Crippen LogP contribution >= 0.6 is 27.7 Å². The van der Waals surface area contributed by atoms with Crippen molar-refractivity contribution in [2.45, 2.75) is 17.1 Å². The first-order valence-electron chi connectivity index (χ1n) is 5.65. The van der Waals surface area contributed by atoms with Crippen molar-refractivity contribution in [1.82, 2.24) is 9.97 Å². The van der Waals surface area contributed by atoms with Gasteiger partial charge in [0.1, 0.15) is 0 Å². The number of rotatable bonds is 4. The summed E-state index contributed by atoms with van der Waals surface area (Å²) in [4.78, 5) is 20.9. The van der Waals surface area contributed by atoms with Crippen LogP contribution in [0.25, 0.3) is 0 Å². The van der Waals surface area contributed by atoms with Gasteiger partial charge in [-0.15, -0.1) is 11.8 Å². The fourth-order valence-electron chi connectivity index (χ4n) is 1.37. The van der Waals surface area contributed by atoms with Gasteiger partial charge in [0.05, 0.1) is 5.25 Å². The molecule has 1 heterocycles. The first kappa shape index (κ1) is 14.0. The number of nitrogens with zero attached hydrogens (tertiary/aromatic N) is 2. The van der Waals surface area contributed by atoms with Crippen LogP contribution in [0.3, 0.4) is 0 Å². The maximum atomic E-state index is 12.0. The van der Waals surface area contributed by atoms with E-state index in [1.807, 2.05) is 31.2 Å². The smallest absolute Gasteiger partial charge is 0.239 e. The Morgan fingerprint density at radius 1 is 1.32 bits per heavy atom. The van der Waals surface area contributed by atoms with Crippen LogP contribution < -0.4 is 5.32 Å². The lowest BCUT2D eigenvalue weighted by Crippen LogP contribution is -2.23. The molecule has 0 bridgehead atoms. The van der Waals surface area contributed by atoms with Gasteiger partial charge in [0.2, 0.25) is 11.9 Å². The van der Waals surface area contributed by atoms with Gasteiger partial charge in [-0.1, -0.05) is 22.0 Å². The average Bonchev–Trinajstić information content (AvgIpc) is 2.40. The van der Waals surface area contributed by atoms with Crippen molar-refractivity contribution in [2.75, 3.05) is 5.32 Å². The Kier molecular flexibility index (Phi) is 4.93. The molecule has 0 spiro atoms. The van der Waals surface area contributed by atoms with Crippen LogP contribution in [-0.4, -0.2) is 21.1 Å². The lowest BCUT2D eigenvalue weighted by molar-refractivity contribution is -0.115. The number of hydrogen-bond acceptors (Lipinski definition) is 4. The molecular weight excluding hydrogens is 326 g/mol. The number of amides is 1. The SMILES string of the molecule is C[C@H](Sc1cccc(Br)c1)C(=O)Nc1ncccn1. The summed E-state index contributed by atoms with van der Waals surface area (Å²) in [7, 11) is 0. The molecule has 19 heavy (non-hydrogen) atoms. The Morgan fingerprint density at radius 3 is 2.74 bits per heavy atom. The molecule has 1 atom stereocenters. The lowest BCUT2D eigenvalue weighted by atomic mass is 10.4. The van der Waals surface area contributed by atoms with Crippen molar-refractivity contribution in [3.05, 3.63) is 47.2 Å². The van der Waals surface area contributed by atoms with Crippen molar-refractivity contribution in [2.24, 2.45) is 0 Å². The van der Waals surface area contributed by atoms with Gasteiger partial charge in [-0.25, -0.2) is 9.97 Å². The minimum Gasteiger partial charge on any atom is -0.294 e. The monoisotopic (exact) mass is 337 g/mol. The maximum absolute atomic E-state index is 12.0. The zero-order chi connectivity index (χ0) is 13.7. The molecule has 0 fully saturated rings. The third-order valence-electron chi connectivity index (χ3n) is 2.28. The summed E-state index contributed by atoms with van der Waals surface area (Å²) in [6.07, 6.45) is 3.18. The topological polar surface area (TPSA) is 54.9 Å². The molecule has 1 aromatic carbocycles. The van der Waals surface area contributed by atoms with E-state index in [4.69, 9.17) is 0 Å². The van der Waals surface area contributed by atoms with Gasteiger partial charge < -0.3 is 0 Å². The molecule has 0 aliphatic rings. The lowest BCUT2D eigenvalue weighted by Gasteiger charge is -2.11. The van der Waals surface area contributed by atoms with E-state index in [1.165, 1.54) is 11.8 Å². The third kappa shape index (κ3) is 4.33. The summed E-state index contributed by atoms with van der Waals surface area (Å²) in [6, 6.07) is 9.55. The van der Waals surface area contributed by atoms with Gasteiger partial charge >= 0.3 is 0 Å². The molecule has 2 aromatic rings. The van der Waals surface area contributed by atoms with Gasteiger partial charge in [0.25, 0.3) is 0 Å². The molecule has 0 aliphatic carbocycles. The van der Waals surface area contributed by atoms with Gasteiger partial charge in [-0.2, -0.15) is 0 Å². The molecule has 98 valence electrons. The van der Waals surface area contributed by atoms with E-state index in [-0.39, 0.29) is 11.2 Å². The molecule has 0 aliphatic heterocycles. The highest BCUT2D eigenvalue weighted by atomic mass is 79.9. The van der Waals surface area contributed by atoms with Crippen molar-refractivity contribution in [1.29, 1.82) is 0 Å². The van der Waals surface area contributed by atoms with Crippen molar-refractivity contribution in [3.8, 4) is 0 Å². The number of aromatic nitrogens is 2. The summed E-state index contributed by atoms with van der Waals surface area (Å²) in [5, 5.41) is 2.46. The average molecular weight is 338 g/mol. The summed E-state index contributed by atoms with van der Waals surface area (Å²) in [5.74, 6) is 0.213. The molecule has 4 nitrogen and oxygen atoms in total. The number of nitrogens with one attached hydrogen (secondary N) is 1. The number of hydrogen-bond donors (Lipinski definition) is 1. The molecular formula is C13H12BrN3OS. The van der Waals surface area contributed by atoms with Crippen LogP contribution in [0, 0.1) is 0 Å². The summed E-state index contributed by atoms with van der Waals surface area (Å²) in [5.41, 5.74) is 0. The van der Waals surface area contributed by atoms with Crippen LogP contribution in [0.5, 0.6) is 0 Å². The van der Waals surface area contributed by atoms with Gasteiger partial charge in [0, 0.05) is 21.8 Å². The molecule has 6 heteroatoms. The zero-order valence-electron chi connectivity index (χ0n) is 10.2. The third-order valence-corrected chi connectivity index (χ3v) is 3.87. The largest absolute Gasteiger partial charge is 0.294 e. The Hall–Kier alpha value is -1.40. The Morgan fingerprint density at radius 2 is 2.05 bits per heavy atom. The standard InChI is InChI=1S/C13H12BrN3OS/c1-9(19-11-5-2-4-10(14)8-11)12(18)17-13-15-6-3-7-16-13/h2-9H,1H3,(H,15,16,17,18)/t9-/m0/s1. The maximum Gasteiger partial charge on any atom is 0.239 e. The number of anilines is 1. The second kappa shape index (κ2) is 6.68. The van der Waals surface area contributed by atoms with Crippen molar-refractivity contribution < 1.29 is 4.79 Å². The van der Waals surface area contributed by atoms with E-state index < -0.39 is 0 Å². The first-order chi connectivity index (χ1) is 9.15. The zero-order valence-corrected chi connectivity index (χ0v) is 12.6. The summed E-state index contributed by atoms with van der Waals surface area (Å²) < 4.78 is 0.997. The van der Waals surface area contributed by atoms with E-state index >= 15 is 0 Å². The minimum absolute atomic E-state index is 0.115. The number of benzene rings is 1. The molecule has 0 radical (unpaired) electrons. The fourth-order valence-corrected chi connectivity index (χ4v) is 2.85. The first-order valence-corrected chi connectivity index (χ1v) is 7.32. The second-order valence-electron chi connectivity index (χ2n) is 3.78.